The average Bonchev–Trinajstić information content (AvgIpc) is 2.89. The number of hydrogen-bond donors (Lipinski definition) is 1. The molecule has 0 saturated carbocycles. The summed E-state index contributed by atoms with van der Waals surface area (Å²) in [5.74, 6) is 0.996. The second-order valence-electron chi connectivity index (χ2n) is 6.62. The van der Waals surface area contributed by atoms with E-state index >= 15 is 0 Å². The predicted octanol–water partition coefficient (Wildman–Crippen LogP) is 2.29. The van der Waals surface area contributed by atoms with Gasteiger partial charge in [0, 0.05) is 43.1 Å². The molecule has 3 aromatic heterocycles. The van der Waals surface area contributed by atoms with Crippen LogP contribution < -0.4 is 10.2 Å². The van der Waals surface area contributed by atoms with Gasteiger partial charge in [-0.15, -0.1) is 5.10 Å². The molecular weight excluding hydrogens is 300 g/mol. The number of fused-ring (bicyclic) bond motifs is 1. The van der Waals surface area contributed by atoms with Crippen LogP contribution in [0.4, 0.5) is 5.82 Å². The fraction of sp³-hybridized carbons (Fsp3) is 0.389. The second kappa shape index (κ2) is 5.87. The summed E-state index contributed by atoms with van der Waals surface area (Å²) in [5.41, 5.74) is 3.97. The SMILES string of the molecule is Cc1nc2ccc(N3CC(C)NC(C)C3)nn2c1-c1ccncc1. The first kappa shape index (κ1) is 15.1. The molecule has 1 fully saturated rings. The summed E-state index contributed by atoms with van der Waals surface area (Å²) in [6.07, 6.45) is 3.61. The first-order valence-corrected chi connectivity index (χ1v) is 8.39. The lowest BCUT2D eigenvalue weighted by Crippen LogP contribution is -2.54. The van der Waals surface area contributed by atoms with Crippen molar-refractivity contribution in [2.75, 3.05) is 18.0 Å². The van der Waals surface area contributed by atoms with Crippen LogP contribution >= 0.6 is 0 Å². The van der Waals surface area contributed by atoms with Crippen LogP contribution in [-0.4, -0.2) is 44.8 Å². The Hall–Kier alpha value is -2.47. The van der Waals surface area contributed by atoms with Crippen LogP contribution in [0.1, 0.15) is 19.5 Å². The van der Waals surface area contributed by atoms with Gasteiger partial charge in [0.1, 0.15) is 5.82 Å². The van der Waals surface area contributed by atoms with Gasteiger partial charge in [-0.1, -0.05) is 0 Å². The van der Waals surface area contributed by atoms with Gasteiger partial charge < -0.3 is 10.2 Å². The van der Waals surface area contributed by atoms with Crippen LogP contribution in [0, 0.1) is 6.92 Å². The maximum Gasteiger partial charge on any atom is 0.154 e. The number of nitrogens with zero attached hydrogens (tertiary/aromatic N) is 5. The minimum absolute atomic E-state index is 0.454. The third-order valence-electron chi connectivity index (χ3n) is 4.47. The van der Waals surface area contributed by atoms with Gasteiger partial charge in [0.05, 0.1) is 11.4 Å². The highest BCUT2D eigenvalue weighted by molar-refractivity contribution is 5.66. The summed E-state index contributed by atoms with van der Waals surface area (Å²) in [5, 5.41) is 8.46. The molecule has 6 heteroatoms. The minimum Gasteiger partial charge on any atom is -0.352 e. The Morgan fingerprint density at radius 1 is 1.04 bits per heavy atom. The molecule has 1 N–H and O–H groups in total. The van der Waals surface area contributed by atoms with Crippen molar-refractivity contribution in [2.45, 2.75) is 32.9 Å². The van der Waals surface area contributed by atoms with Crippen LogP contribution in [0.15, 0.2) is 36.7 Å². The van der Waals surface area contributed by atoms with Crippen LogP contribution in [0.25, 0.3) is 16.9 Å². The van der Waals surface area contributed by atoms with E-state index in [1.54, 1.807) is 12.4 Å². The molecule has 0 amide bonds. The lowest BCUT2D eigenvalue weighted by Gasteiger charge is -2.36. The molecule has 0 aliphatic carbocycles. The minimum atomic E-state index is 0.454. The molecule has 0 radical (unpaired) electrons. The zero-order valence-electron chi connectivity index (χ0n) is 14.3. The molecule has 3 aromatic rings. The monoisotopic (exact) mass is 322 g/mol. The lowest BCUT2D eigenvalue weighted by atomic mass is 10.1. The van der Waals surface area contributed by atoms with E-state index < -0.39 is 0 Å². The zero-order valence-corrected chi connectivity index (χ0v) is 14.3. The molecule has 6 nitrogen and oxygen atoms in total. The summed E-state index contributed by atoms with van der Waals surface area (Å²) in [4.78, 5) is 11.1. The van der Waals surface area contributed by atoms with Gasteiger partial charge >= 0.3 is 0 Å². The average molecular weight is 322 g/mol. The number of aryl methyl sites for hydroxylation is 1. The number of hydrogen-bond acceptors (Lipinski definition) is 5. The molecule has 124 valence electrons. The Bertz CT molecular complexity index is 847. The smallest absolute Gasteiger partial charge is 0.154 e. The maximum atomic E-state index is 4.90. The molecule has 1 aliphatic rings. The predicted molar refractivity (Wildman–Crippen MR) is 95.2 cm³/mol. The molecule has 2 unspecified atom stereocenters. The Morgan fingerprint density at radius 3 is 2.46 bits per heavy atom. The van der Waals surface area contributed by atoms with E-state index in [1.807, 2.05) is 23.6 Å². The van der Waals surface area contributed by atoms with Gasteiger partial charge in [-0.3, -0.25) is 4.98 Å². The fourth-order valence-corrected chi connectivity index (χ4v) is 3.56. The van der Waals surface area contributed by atoms with E-state index in [0.717, 1.165) is 41.5 Å². The van der Waals surface area contributed by atoms with Gasteiger partial charge in [0.2, 0.25) is 0 Å². The summed E-state index contributed by atoms with van der Waals surface area (Å²) in [6, 6.07) is 9.03. The molecule has 1 aliphatic heterocycles. The molecule has 2 atom stereocenters. The van der Waals surface area contributed by atoms with Crippen molar-refractivity contribution in [3.8, 4) is 11.3 Å². The van der Waals surface area contributed by atoms with Crippen molar-refractivity contribution in [1.82, 2.24) is 24.9 Å². The van der Waals surface area contributed by atoms with E-state index in [9.17, 15) is 0 Å². The molecule has 0 spiro atoms. The standard InChI is InChI=1S/C18H22N6/c1-12-10-23(11-13(2)20-12)17-5-4-16-21-14(3)18(24(16)22-17)15-6-8-19-9-7-15/h4-9,12-13,20H,10-11H2,1-3H3. The first-order valence-electron chi connectivity index (χ1n) is 8.39. The topological polar surface area (TPSA) is 58.4 Å². The second-order valence-corrected chi connectivity index (χ2v) is 6.62. The fourth-order valence-electron chi connectivity index (χ4n) is 3.56. The third kappa shape index (κ3) is 2.63. The Balaban J connectivity index is 1.80. The molecule has 1 saturated heterocycles. The number of imidazole rings is 1. The summed E-state index contributed by atoms with van der Waals surface area (Å²) in [7, 11) is 0. The van der Waals surface area contributed by atoms with Gasteiger partial charge in [-0.05, 0) is 45.0 Å². The molecule has 4 rings (SSSR count). The van der Waals surface area contributed by atoms with Gasteiger partial charge in [-0.25, -0.2) is 9.50 Å². The van der Waals surface area contributed by atoms with Crippen molar-refractivity contribution in [2.24, 2.45) is 0 Å². The van der Waals surface area contributed by atoms with E-state index in [1.165, 1.54) is 0 Å². The molecule has 0 aromatic carbocycles. The van der Waals surface area contributed by atoms with E-state index in [-0.39, 0.29) is 0 Å². The van der Waals surface area contributed by atoms with E-state index in [4.69, 9.17) is 5.10 Å². The van der Waals surface area contributed by atoms with Crippen molar-refractivity contribution in [1.29, 1.82) is 0 Å². The number of anilines is 1. The van der Waals surface area contributed by atoms with Gasteiger partial charge in [-0.2, -0.15) is 0 Å². The van der Waals surface area contributed by atoms with Crippen LogP contribution in [0.5, 0.6) is 0 Å². The summed E-state index contributed by atoms with van der Waals surface area (Å²) >= 11 is 0. The number of pyridine rings is 1. The van der Waals surface area contributed by atoms with E-state index in [2.05, 4.69) is 46.2 Å². The number of rotatable bonds is 2. The number of piperazine rings is 1. The molecule has 4 heterocycles. The quantitative estimate of drug-likeness (QED) is 0.784. The normalized spacial score (nSPS) is 21.4. The zero-order chi connectivity index (χ0) is 16.7. The highest BCUT2D eigenvalue weighted by atomic mass is 15.4. The van der Waals surface area contributed by atoms with Crippen LogP contribution in [0.3, 0.4) is 0 Å². The number of aromatic nitrogens is 4. The molecular formula is C18H22N6. The van der Waals surface area contributed by atoms with E-state index in [0.29, 0.717) is 12.1 Å². The Kier molecular flexibility index (Phi) is 3.69. The van der Waals surface area contributed by atoms with Gasteiger partial charge in [0.25, 0.3) is 0 Å². The van der Waals surface area contributed by atoms with Crippen LogP contribution in [0.2, 0.25) is 0 Å². The lowest BCUT2D eigenvalue weighted by molar-refractivity contribution is 0.404. The first-order chi connectivity index (χ1) is 11.6. The molecule has 24 heavy (non-hydrogen) atoms. The van der Waals surface area contributed by atoms with Crippen molar-refractivity contribution >= 4 is 11.5 Å². The van der Waals surface area contributed by atoms with Crippen molar-refractivity contribution in [3.63, 3.8) is 0 Å². The summed E-state index contributed by atoms with van der Waals surface area (Å²) < 4.78 is 1.96. The highest BCUT2D eigenvalue weighted by Crippen LogP contribution is 2.25. The Morgan fingerprint density at radius 2 is 1.75 bits per heavy atom. The Labute approximate surface area is 141 Å². The molecule has 0 bridgehead atoms. The number of nitrogens with one attached hydrogen (secondary N) is 1. The van der Waals surface area contributed by atoms with Crippen molar-refractivity contribution in [3.05, 3.63) is 42.4 Å². The van der Waals surface area contributed by atoms with Gasteiger partial charge in [0.15, 0.2) is 5.65 Å². The largest absolute Gasteiger partial charge is 0.352 e. The highest BCUT2D eigenvalue weighted by Gasteiger charge is 2.23. The third-order valence-corrected chi connectivity index (χ3v) is 4.47. The summed E-state index contributed by atoms with van der Waals surface area (Å²) in [6.45, 7) is 8.37. The maximum absolute atomic E-state index is 4.90. The van der Waals surface area contributed by atoms with Crippen LogP contribution in [-0.2, 0) is 0 Å². The van der Waals surface area contributed by atoms with Crippen molar-refractivity contribution < 1.29 is 0 Å².